The third-order valence-electron chi connectivity index (χ3n) is 7.92. The van der Waals surface area contributed by atoms with E-state index in [0.717, 1.165) is 73.6 Å². The third-order valence-corrected chi connectivity index (χ3v) is 7.92. The number of piperidine rings is 1. The average molecular weight is 519 g/mol. The van der Waals surface area contributed by atoms with E-state index >= 15 is 0 Å². The maximum Gasteiger partial charge on any atom is 0.144 e. The van der Waals surface area contributed by atoms with E-state index in [0.29, 0.717) is 0 Å². The number of rotatable bonds is 14. The molecule has 0 saturated carbocycles. The molecule has 38 heavy (non-hydrogen) atoms. The standard InChI is InChI=1S/C33H50N4O/c1-26(2)16-22-36(23-17-27(3)4)25-28-14-15-30-31(24-28)37(21-11-20-35-18-9-6-10-19-35)33(34-30)29-12-7-8-13-32(29)38-5/h7-8,12-15,24,26-27H,6,9-11,16-23,25H2,1-5H3. The molecule has 5 heteroatoms. The fourth-order valence-electron chi connectivity index (χ4n) is 5.57. The summed E-state index contributed by atoms with van der Waals surface area (Å²) in [5, 5.41) is 0. The molecule has 0 bridgehead atoms. The lowest BCUT2D eigenvalue weighted by atomic mass is 10.1. The monoisotopic (exact) mass is 518 g/mol. The first-order valence-corrected chi connectivity index (χ1v) is 15.0. The Kier molecular flexibility index (Phi) is 10.7. The van der Waals surface area contributed by atoms with E-state index < -0.39 is 0 Å². The van der Waals surface area contributed by atoms with Gasteiger partial charge in [-0.25, -0.2) is 4.98 Å². The van der Waals surface area contributed by atoms with Gasteiger partial charge in [0.2, 0.25) is 0 Å². The summed E-state index contributed by atoms with van der Waals surface area (Å²) in [5.41, 5.74) is 4.77. The highest BCUT2D eigenvalue weighted by molar-refractivity contribution is 5.82. The molecule has 4 rings (SSSR count). The molecule has 0 spiro atoms. The number of aryl methyl sites for hydroxylation is 1. The summed E-state index contributed by atoms with van der Waals surface area (Å²) in [5.74, 6) is 3.35. The van der Waals surface area contributed by atoms with Crippen LogP contribution in [0.1, 0.15) is 71.8 Å². The molecule has 1 fully saturated rings. The van der Waals surface area contributed by atoms with E-state index in [-0.39, 0.29) is 0 Å². The second kappa shape index (κ2) is 14.1. The van der Waals surface area contributed by atoms with Gasteiger partial charge in [-0.15, -0.1) is 0 Å². The zero-order valence-corrected chi connectivity index (χ0v) is 24.6. The van der Waals surface area contributed by atoms with E-state index in [4.69, 9.17) is 9.72 Å². The summed E-state index contributed by atoms with van der Waals surface area (Å²) in [4.78, 5) is 10.4. The van der Waals surface area contributed by atoms with Gasteiger partial charge in [-0.05, 0) is 106 Å². The maximum atomic E-state index is 5.75. The molecule has 1 aromatic heterocycles. The van der Waals surface area contributed by atoms with Crippen molar-refractivity contribution in [3.05, 3.63) is 48.0 Å². The third kappa shape index (κ3) is 7.83. The average Bonchev–Trinajstić information content (AvgIpc) is 3.28. The molecular formula is C33H50N4O. The fourth-order valence-corrected chi connectivity index (χ4v) is 5.57. The van der Waals surface area contributed by atoms with Crippen molar-refractivity contribution in [1.29, 1.82) is 0 Å². The number of aromatic nitrogens is 2. The normalized spacial score (nSPS) is 14.8. The molecular weight excluding hydrogens is 468 g/mol. The number of imidazole rings is 1. The Bertz CT molecular complexity index is 1120. The van der Waals surface area contributed by atoms with Crippen LogP contribution in [-0.4, -0.2) is 59.2 Å². The van der Waals surface area contributed by atoms with E-state index in [2.05, 4.69) is 72.4 Å². The van der Waals surface area contributed by atoms with Crippen molar-refractivity contribution in [3.8, 4) is 17.1 Å². The lowest BCUT2D eigenvalue weighted by molar-refractivity contribution is 0.223. The molecule has 3 aromatic rings. The van der Waals surface area contributed by atoms with Crippen molar-refractivity contribution in [1.82, 2.24) is 19.4 Å². The Balaban J connectivity index is 1.62. The second-order valence-electron chi connectivity index (χ2n) is 12.0. The van der Waals surface area contributed by atoms with E-state index in [1.54, 1.807) is 7.11 Å². The summed E-state index contributed by atoms with van der Waals surface area (Å²) in [6.45, 7) is 17.2. The molecule has 1 aliphatic rings. The minimum atomic E-state index is 0.726. The van der Waals surface area contributed by atoms with Crippen LogP contribution in [0.3, 0.4) is 0 Å². The van der Waals surface area contributed by atoms with E-state index in [9.17, 15) is 0 Å². The topological polar surface area (TPSA) is 33.5 Å². The van der Waals surface area contributed by atoms with Gasteiger partial charge in [0.15, 0.2) is 0 Å². The predicted octanol–water partition coefficient (Wildman–Crippen LogP) is 7.48. The van der Waals surface area contributed by atoms with Gasteiger partial charge >= 0.3 is 0 Å². The fraction of sp³-hybridized carbons (Fsp3) is 0.606. The molecule has 0 aliphatic carbocycles. The number of hydrogen-bond donors (Lipinski definition) is 0. The number of benzene rings is 2. The molecule has 0 unspecified atom stereocenters. The van der Waals surface area contributed by atoms with Gasteiger partial charge in [0.1, 0.15) is 11.6 Å². The second-order valence-corrected chi connectivity index (χ2v) is 12.0. The first kappa shape index (κ1) is 28.6. The Morgan fingerprint density at radius 3 is 2.29 bits per heavy atom. The molecule has 5 nitrogen and oxygen atoms in total. The minimum absolute atomic E-state index is 0.726. The van der Waals surface area contributed by atoms with Crippen LogP contribution in [0.15, 0.2) is 42.5 Å². The highest BCUT2D eigenvalue weighted by Crippen LogP contribution is 2.32. The molecule has 2 heterocycles. The minimum Gasteiger partial charge on any atom is -0.496 e. The van der Waals surface area contributed by atoms with Crippen molar-refractivity contribution in [2.24, 2.45) is 11.8 Å². The lowest BCUT2D eigenvalue weighted by Gasteiger charge is -2.26. The summed E-state index contributed by atoms with van der Waals surface area (Å²) in [6, 6.07) is 15.2. The van der Waals surface area contributed by atoms with Crippen molar-refractivity contribution in [2.45, 2.75) is 79.3 Å². The van der Waals surface area contributed by atoms with Crippen LogP contribution in [0.25, 0.3) is 22.4 Å². The molecule has 0 atom stereocenters. The van der Waals surface area contributed by atoms with Crippen molar-refractivity contribution < 1.29 is 4.74 Å². The largest absolute Gasteiger partial charge is 0.496 e. The van der Waals surface area contributed by atoms with Crippen LogP contribution in [0, 0.1) is 11.8 Å². The van der Waals surface area contributed by atoms with Crippen LogP contribution >= 0.6 is 0 Å². The summed E-state index contributed by atoms with van der Waals surface area (Å²) in [7, 11) is 1.75. The highest BCUT2D eigenvalue weighted by atomic mass is 16.5. The number of fused-ring (bicyclic) bond motifs is 1. The number of nitrogens with zero attached hydrogens (tertiary/aromatic N) is 4. The van der Waals surface area contributed by atoms with Crippen LogP contribution in [-0.2, 0) is 13.1 Å². The van der Waals surface area contributed by atoms with Gasteiger partial charge < -0.3 is 14.2 Å². The number of para-hydroxylation sites is 1. The molecule has 0 N–H and O–H groups in total. The first-order chi connectivity index (χ1) is 18.4. The van der Waals surface area contributed by atoms with Gasteiger partial charge in [-0.3, -0.25) is 4.90 Å². The molecule has 0 radical (unpaired) electrons. The Morgan fingerprint density at radius 1 is 0.895 bits per heavy atom. The van der Waals surface area contributed by atoms with Gasteiger partial charge in [0, 0.05) is 13.1 Å². The maximum absolute atomic E-state index is 5.75. The van der Waals surface area contributed by atoms with Gasteiger partial charge in [0.05, 0.1) is 23.7 Å². The number of methoxy groups -OCH3 is 1. The summed E-state index contributed by atoms with van der Waals surface area (Å²) in [6.07, 6.45) is 7.68. The van der Waals surface area contributed by atoms with Gasteiger partial charge in [0.25, 0.3) is 0 Å². The van der Waals surface area contributed by atoms with Crippen LogP contribution in [0.2, 0.25) is 0 Å². The van der Waals surface area contributed by atoms with Crippen LogP contribution in [0.4, 0.5) is 0 Å². The van der Waals surface area contributed by atoms with Crippen molar-refractivity contribution in [2.75, 3.05) is 39.8 Å². The summed E-state index contributed by atoms with van der Waals surface area (Å²) < 4.78 is 8.20. The Hall–Kier alpha value is -2.37. The molecule has 2 aromatic carbocycles. The van der Waals surface area contributed by atoms with E-state index in [1.807, 2.05) is 12.1 Å². The van der Waals surface area contributed by atoms with Gasteiger partial charge in [-0.2, -0.15) is 0 Å². The van der Waals surface area contributed by atoms with Crippen molar-refractivity contribution >= 4 is 11.0 Å². The Morgan fingerprint density at radius 2 is 1.61 bits per heavy atom. The highest BCUT2D eigenvalue weighted by Gasteiger charge is 2.18. The SMILES string of the molecule is COc1ccccc1-c1nc2ccc(CN(CCC(C)C)CCC(C)C)cc2n1CCCN1CCCCC1. The molecule has 1 saturated heterocycles. The number of ether oxygens (including phenoxy) is 1. The zero-order chi connectivity index (χ0) is 26.9. The number of likely N-dealkylation sites (tertiary alicyclic amines) is 1. The smallest absolute Gasteiger partial charge is 0.144 e. The quantitative estimate of drug-likeness (QED) is 0.221. The van der Waals surface area contributed by atoms with Gasteiger partial charge in [-0.1, -0.05) is 52.3 Å². The number of hydrogen-bond acceptors (Lipinski definition) is 4. The summed E-state index contributed by atoms with van der Waals surface area (Å²) >= 11 is 0. The first-order valence-electron chi connectivity index (χ1n) is 15.0. The van der Waals surface area contributed by atoms with Crippen LogP contribution < -0.4 is 4.74 Å². The van der Waals surface area contributed by atoms with Crippen molar-refractivity contribution in [3.63, 3.8) is 0 Å². The van der Waals surface area contributed by atoms with E-state index in [1.165, 1.54) is 56.3 Å². The zero-order valence-electron chi connectivity index (χ0n) is 24.6. The molecule has 1 aliphatic heterocycles. The predicted molar refractivity (Wildman–Crippen MR) is 161 cm³/mol. The Labute approximate surface area is 231 Å². The lowest BCUT2D eigenvalue weighted by Crippen LogP contribution is -2.31. The van der Waals surface area contributed by atoms with Crippen LogP contribution in [0.5, 0.6) is 5.75 Å². The molecule has 208 valence electrons. The molecule has 0 amide bonds.